The second-order valence-electron chi connectivity index (χ2n) is 5.50. The van der Waals surface area contributed by atoms with Crippen LogP contribution in [0, 0.1) is 13.8 Å². The molecular formula is C17H20N2O3S. The summed E-state index contributed by atoms with van der Waals surface area (Å²) in [5.41, 5.74) is 3.77. The summed E-state index contributed by atoms with van der Waals surface area (Å²) in [7, 11) is -1.84. The van der Waals surface area contributed by atoms with Gasteiger partial charge >= 0.3 is 0 Å². The summed E-state index contributed by atoms with van der Waals surface area (Å²) < 4.78 is 24.2. The predicted octanol–water partition coefficient (Wildman–Crippen LogP) is 2.95. The van der Waals surface area contributed by atoms with Crippen LogP contribution in [-0.2, 0) is 10.0 Å². The fourth-order valence-electron chi connectivity index (χ4n) is 2.21. The van der Waals surface area contributed by atoms with E-state index < -0.39 is 10.0 Å². The van der Waals surface area contributed by atoms with Gasteiger partial charge in [0.1, 0.15) is 0 Å². The Hall–Kier alpha value is -2.34. The molecule has 2 rings (SSSR count). The van der Waals surface area contributed by atoms with Gasteiger partial charge in [0, 0.05) is 18.3 Å². The zero-order valence-corrected chi connectivity index (χ0v) is 14.4. The van der Waals surface area contributed by atoms with Crippen LogP contribution in [0.15, 0.2) is 42.5 Å². The molecule has 0 unspecified atom stereocenters. The molecule has 23 heavy (non-hydrogen) atoms. The first-order valence-corrected chi connectivity index (χ1v) is 8.96. The van der Waals surface area contributed by atoms with E-state index in [0.717, 1.165) is 23.1 Å². The topological polar surface area (TPSA) is 66.5 Å². The number of benzene rings is 2. The highest BCUT2D eigenvalue weighted by Gasteiger charge is 2.13. The number of sulfonamides is 1. The maximum atomic E-state index is 12.4. The van der Waals surface area contributed by atoms with Gasteiger partial charge in [0.15, 0.2) is 0 Å². The Morgan fingerprint density at radius 2 is 1.52 bits per heavy atom. The van der Waals surface area contributed by atoms with Crippen molar-refractivity contribution >= 4 is 27.3 Å². The highest BCUT2D eigenvalue weighted by molar-refractivity contribution is 7.92. The number of carbonyl (C=O) groups is 1. The van der Waals surface area contributed by atoms with Crippen LogP contribution < -0.4 is 9.62 Å². The number of para-hydroxylation sites is 1. The molecule has 122 valence electrons. The maximum absolute atomic E-state index is 12.4. The minimum Gasteiger partial charge on any atom is -0.322 e. The third-order valence-corrected chi connectivity index (χ3v) is 4.92. The maximum Gasteiger partial charge on any atom is 0.255 e. The van der Waals surface area contributed by atoms with Gasteiger partial charge in [-0.3, -0.25) is 9.10 Å². The van der Waals surface area contributed by atoms with Gasteiger partial charge in [-0.25, -0.2) is 8.42 Å². The predicted molar refractivity (Wildman–Crippen MR) is 93.6 cm³/mol. The van der Waals surface area contributed by atoms with Gasteiger partial charge in [0.05, 0.1) is 11.9 Å². The quantitative estimate of drug-likeness (QED) is 0.936. The van der Waals surface area contributed by atoms with E-state index in [1.54, 1.807) is 24.3 Å². The molecule has 5 nitrogen and oxygen atoms in total. The summed E-state index contributed by atoms with van der Waals surface area (Å²) in [4.78, 5) is 12.4. The van der Waals surface area contributed by atoms with Crippen molar-refractivity contribution in [3.05, 3.63) is 59.2 Å². The molecule has 2 aromatic rings. The van der Waals surface area contributed by atoms with E-state index in [0.29, 0.717) is 11.3 Å². The molecule has 2 aromatic carbocycles. The molecule has 0 aromatic heterocycles. The van der Waals surface area contributed by atoms with Crippen molar-refractivity contribution in [2.75, 3.05) is 22.9 Å². The van der Waals surface area contributed by atoms with Gasteiger partial charge in [-0.15, -0.1) is 0 Å². The number of nitrogens with zero attached hydrogens (tertiary/aromatic N) is 1. The Labute approximate surface area is 137 Å². The third kappa shape index (κ3) is 3.90. The first-order chi connectivity index (χ1) is 10.7. The van der Waals surface area contributed by atoms with Crippen molar-refractivity contribution in [1.82, 2.24) is 0 Å². The summed E-state index contributed by atoms with van der Waals surface area (Å²) in [6.07, 6.45) is 1.13. The summed E-state index contributed by atoms with van der Waals surface area (Å²) >= 11 is 0. The van der Waals surface area contributed by atoms with Gasteiger partial charge in [-0.05, 0) is 49.2 Å². The van der Waals surface area contributed by atoms with Gasteiger partial charge in [-0.2, -0.15) is 0 Å². The van der Waals surface area contributed by atoms with E-state index in [-0.39, 0.29) is 5.91 Å². The molecule has 6 heteroatoms. The van der Waals surface area contributed by atoms with Crippen molar-refractivity contribution in [3.63, 3.8) is 0 Å². The lowest BCUT2D eigenvalue weighted by Gasteiger charge is -2.17. The minimum atomic E-state index is -3.32. The van der Waals surface area contributed by atoms with Crippen molar-refractivity contribution in [2.45, 2.75) is 13.8 Å². The summed E-state index contributed by atoms with van der Waals surface area (Å²) in [6.45, 7) is 3.87. The Morgan fingerprint density at radius 1 is 1.00 bits per heavy atom. The Morgan fingerprint density at radius 3 is 2.00 bits per heavy atom. The fourth-order valence-corrected chi connectivity index (χ4v) is 2.72. The number of carbonyl (C=O) groups excluding carboxylic acids is 1. The van der Waals surface area contributed by atoms with E-state index in [2.05, 4.69) is 5.32 Å². The van der Waals surface area contributed by atoms with Crippen molar-refractivity contribution in [2.24, 2.45) is 0 Å². The second-order valence-corrected chi connectivity index (χ2v) is 7.51. The first-order valence-electron chi connectivity index (χ1n) is 7.11. The van der Waals surface area contributed by atoms with Crippen LogP contribution in [0.1, 0.15) is 21.5 Å². The smallest absolute Gasteiger partial charge is 0.255 e. The number of aryl methyl sites for hydroxylation is 2. The van der Waals surface area contributed by atoms with E-state index in [1.165, 1.54) is 11.4 Å². The number of amides is 1. The zero-order valence-electron chi connectivity index (χ0n) is 13.6. The van der Waals surface area contributed by atoms with Crippen molar-refractivity contribution in [3.8, 4) is 0 Å². The second kappa shape index (κ2) is 6.42. The van der Waals surface area contributed by atoms with Crippen LogP contribution in [0.3, 0.4) is 0 Å². The number of rotatable bonds is 4. The number of hydrogen-bond donors (Lipinski definition) is 1. The molecular weight excluding hydrogens is 312 g/mol. The zero-order chi connectivity index (χ0) is 17.2. The standard InChI is InChI=1S/C17H20N2O3S/c1-12-6-5-7-13(2)16(12)18-17(20)14-8-10-15(11-9-14)19(3)23(4,21)22/h5-11H,1-4H3,(H,18,20). The van der Waals surface area contributed by atoms with E-state index >= 15 is 0 Å². The third-order valence-electron chi connectivity index (χ3n) is 3.71. The molecule has 0 aliphatic heterocycles. The average Bonchev–Trinajstić information content (AvgIpc) is 2.49. The fraction of sp³-hybridized carbons (Fsp3) is 0.235. The van der Waals surface area contributed by atoms with Crippen molar-refractivity contribution in [1.29, 1.82) is 0 Å². The lowest BCUT2D eigenvalue weighted by atomic mass is 10.1. The molecule has 0 saturated heterocycles. The van der Waals surface area contributed by atoms with Crippen LogP contribution in [-0.4, -0.2) is 27.6 Å². The monoisotopic (exact) mass is 332 g/mol. The molecule has 0 aliphatic rings. The summed E-state index contributed by atoms with van der Waals surface area (Å²) in [6, 6.07) is 12.3. The van der Waals surface area contributed by atoms with Crippen LogP contribution >= 0.6 is 0 Å². The molecule has 0 aliphatic carbocycles. The van der Waals surface area contributed by atoms with E-state index in [4.69, 9.17) is 0 Å². The first kappa shape index (κ1) is 17.0. The van der Waals surface area contributed by atoms with Crippen LogP contribution in [0.4, 0.5) is 11.4 Å². The number of nitrogens with one attached hydrogen (secondary N) is 1. The van der Waals surface area contributed by atoms with Crippen LogP contribution in [0.25, 0.3) is 0 Å². The molecule has 0 atom stereocenters. The van der Waals surface area contributed by atoms with Gasteiger partial charge in [0.2, 0.25) is 10.0 Å². The Kier molecular flexibility index (Phi) is 4.75. The molecule has 0 heterocycles. The molecule has 1 amide bonds. The minimum absolute atomic E-state index is 0.226. The van der Waals surface area contributed by atoms with E-state index in [1.807, 2.05) is 32.0 Å². The Balaban J connectivity index is 2.21. The van der Waals surface area contributed by atoms with Crippen LogP contribution in [0.2, 0.25) is 0 Å². The normalized spacial score (nSPS) is 11.1. The molecule has 0 fully saturated rings. The molecule has 0 radical (unpaired) electrons. The molecule has 0 bridgehead atoms. The molecule has 0 spiro atoms. The number of anilines is 2. The molecule has 0 saturated carbocycles. The lowest BCUT2D eigenvalue weighted by molar-refractivity contribution is 0.102. The van der Waals surface area contributed by atoms with E-state index in [9.17, 15) is 13.2 Å². The van der Waals surface area contributed by atoms with Gasteiger partial charge < -0.3 is 5.32 Å². The van der Waals surface area contributed by atoms with Crippen molar-refractivity contribution < 1.29 is 13.2 Å². The summed E-state index contributed by atoms with van der Waals surface area (Å²) in [5.74, 6) is -0.226. The summed E-state index contributed by atoms with van der Waals surface area (Å²) in [5, 5.41) is 2.90. The SMILES string of the molecule is Cc1cccc(C)c1NC(=O)c1ccc(N(C)S(C)(=O)=O)cc1. The largest absolute Gasteiger partial charge is 0.322 e. The number of hydrogen-bond acceptors (Lipinski definition) is 3. The van der Waals surface area contributed by atoms with Gasteiger partial charge in [-0.1, -0.05) is 18.2 Å². The highest BCUT2D eigenvalue weighted by atomic mass is 32.2. The van der Waals surface area contributed by atoms with Crippen LogP contribution in [0.5, 0.6) is 0 Å². The average molecular weight is 332 g/mol. The lowest BCUT2D eigenvalue weighted by Crippen LogP contribution is -2.24. The van der Waals surface area contributed by atoms with Gasteiger partial charge in [0.25, 0.3) is 5.91 Å². The highest BCUT2D eigenvalue weighted by Crippen LogP contribution is 2.21. The molecule has 1 N–H and O–H groups in total. The Bertz CT molecular complexity index is 807.